The molecule has 3 N–H and O–H groups in total. The smallest absolute Gasteiger partial charge is 0.149 e. The van der Waals surface area contributed by atoms with E-state index in [2.05, 4.69) is 28.3 Å². The van der Waals surface area contributed by atoms with E-state index in [-0.39, 0.29) is 0 Å². The van der Waals surface area contributed by atoms with Crippen LogP contribution in [0.4, 0.5) is 17.3 Å². The molecule has 82 valence electrons. The Morgan fingerprint density at radius 1 is 1.19 bits per heavy atom. The molecule has 0 radical (unpaired) electrons. The first-order valence-electron chi connectivity index (χ1n) is 5.22. The number of nitrogen functional groups attached to an aromatic ring is 1. The molecule has 0 aliphatic heterocycles. The number of aromatic nitrogens is 2. The number of hydrogen-bond acceptors (Lipinski definition) is 4. The zero-order chi connectivity index (χ0) is 11.4. The van der Waals surface area contributed by atoms with Crippen molar-refractivity contribution in [2.24, 2.45) is 0 Å². The van der Waals surface area contributed by atoms with Crippen molar-refractivity contribution in [3.8, 4) is 0 Å². The summed E-state index contributed by atoms with van der Waals surface area (Å²) in [6.45, 7) is 2.12. The van der Waals surface area contributed by atoms with Gasteiger partial charge in [-0.2, -0.15) is 0 Å². The van der Waals surface area contributed by atoms with E-state index in [4.69, 9.17) is 5.73 Å². The zero-order valence-electron chi connectivity index (χ0n) is 9.14. The van der Waals surface area contributed by atoms with Crippen molar-refractivity contribution in [3.05, 3.63) is 42.2 Å². The second-order valence-corrected chi connectivity index (χ2v) is 3.46. The number of rotatable bonds is 3. The van der Waals surface area contributed by atoms with Gasteiger partial charge < -0.3 is 11.1 Å². The summed E-state index contributed by atoms with van der Waals surface area (Å²) < 4.78 is 0. The number of nitrogens with two attached hydrogens (primary N) is 1. The minimum atomic E-state index is 0.425. The van der Waals surface area contributed by atoms with E-state index >= 15 is 0 Å². The summed E-state index contributed by atoms with van der Waals surface area (Å²) in [4.78, 5) is 8.13. The Bertz CT molecular complexity index is 465. The fourth-order valence-electron chi connectivity index (χ4n) is 1.49. The van der Waals surface area contributed by atoms with Crippen LogP contribution in [0.1, 0.15) is 12.5 Å². The zero-order valence-corrected chi connectivity index (χ0v) is 9.14. The van der Waals surface area contributed by atoms with Gasteiger partial charge in [-0.3, -0.25) is 0 Å². The van der Waals surface area contributed by atoms with Gasteiger partial charge in [-0.15, -0.1) is 0 Å². The second-order valence-electron chi connectivity index (χ2n) is 3.46. The third-order valence-electron chi connectivity index (χ3n) is 2.33. The Hall–Kier alpha value is -2.10. The van der Waals surface area contributed by atoms with Crippen molar-refractivity contribution in [1.82, 2.24) is 9.97 Å². The molecule has 0 atom stereocenters. The molecule has 0 saturated heterocycles. The summed E-state index contributed by atoms with van der Waals surface area (Å²) in [6, 6.07) is 8.13. The van der Waals surface area contributed by atoms with Crippen molar-refractivity contribution in [2.45, 2.75) is 13.3 Å². The Kier molecular flexibility index (Phi) is 3.00. The highest BCUT2D eigenvalue weighted by molar-refractivity contribution is 5.60. The lowest BCUT2D eigenvalue weighted by Crippen LogP contribution is -1.99. The lowest BCUT2D eigenvalue weighted by atomic mass is 10.1. The molecule has 0 aliphatic rings. The Morgan fingerprint density at radius 2 is 2.00 bits per heavy atom. The molecule has 1 aromatic heterocycles. The van der Waals surface area contributed by atoms with Gasteiger partial charge >= 0.3 is 0 Å². The average molecular weight is 214 g/mol. The van der Waals surface area contributed by atoms with Gasteiger partial charge in [-0.25, -0.2) is 9.97 Å². The van der Waals surface area contributed by atoms with Crippen molar-refractivity contribution in [1.29, 1.82) is 0 Å². The van der Waals surface area contributed by atoms with Crippen LogP contribution in [0.3, 0.4) is 0 Å². The Balaban J connectivity index is 2.23. The van der Waals surface area contributed by atoms with E-state index in [1.54, 1.807) is 6.20 Å². The molecule has 0 unspecified atom stereocenters. The van der Waals surface area contributed by atoms with Crippen LogP contribution in [0, 0.1) is 0 Å². The van der Waals surface area contributed by atoms with Gasteiger partial charge in [0.25, 0.3) is 0 Å². The molecule has 4 nitrogen and oxygen atoms in total. The number of hydrogen-bond donors (Lipinski definition) is 2. The third kappa shape index (κ3) is 2.28. The van der Waals surface area contributed by atoms with Crippen LogP contribution in [0.2, 0.25) is 0 Å². The number of aryl methyl sites for hydroxylation is 1. The van der Waals surface area contributed by atoms with E-state index in [1.165, 1.54) is 11.8 Å². The van der Waals surface area contributed by atoms with Crippen LogP contribution in [0.25, 0.3) is 0 Å². The highest BCUT2D eigenvalue weighted by Crippen LogP contribution is 2.19. The Morgan fingerprint density at radius 3 is 2.69 bits per heavy atom. The van der Waals surface area contributed by atoms with E-state index in [1.807, 2.05) is 18.2 Å². The fourth-order valence-corrected chi connectivity index (χ4v) is 1.49. The highest BCUT2D eigenvalue weighted by atomic mass is 15.0. The van der Waals surface area contributed by atoms with Crippen molar-refractivity contribution >= 4 is 17.3 Å². The molecule has 4 heteroatoms. The predicted molar refractivity (Wildman–Crippen MR) is 65.5 cm³/mol. The first-order valence-corrected chi connectivity index (χ1v) is 5.22. The number of para-hydroxylation sites is 1. The monoisotopic (exact) mass is 214 g/mol. The molecule has 16 heavy (non-hydrogen) atoms. The average Bonchev–Trinajstić information content (AvgIpc) is 2.33. The lowest BCUT2D eigenvalue weighted by molar-refractivity contribution is 1.13. The molecule has 0 aliphatic carbocycles. The van der Waals surface area contributed by atoms with Gasteiger partial charge in [0.2, 0.25) is 0 Å². The van der Waals surface area contributed by atoms with Crippen LogP contribution in [-0.2, 0) is 6.42 Å². The first kappa shape index (κ1) is 10.4. The minimum absolute atomic E-state index is 0.425. The quantitative estimate of drug-likeness (QED) is 0.823. The maximum Gasteiger partial charge on any atom is 0.149 e. The standard InChI is InChI=1S/C12H14N4/c1-2-9-5-3-4-6-10(9)16-12-8-14-11(13)7-15-12/h3-8H,2H2,1H3,(H2,13,14)(H,15,16). The van der Waals surface area contributed by atoms with E-state index < -0.39 is 0 Å². The van der Waals surface area contributed by atoms with E-state index in [9.17, 15) is 0 Å². The lowest BCUT2D eigenvalue weighted by Gasteiger charge is -2.09. The molecule has 0 spiro atoms. The van der Waals surface area contributed by atoms with Crippen molar-refractivity contribution in [2.75, 3.05) is 11.1 Å². The Labute approximate surface area is 94.5 Å². The molecule has 2 aromatic rings. The van der Waals surface area contributed by atoms with E-state index in [0.29, 0.717) is 11.6 Å². The van der Waals surface area contributed by atoms with Crippen LogP contribution < -0.4 is 11.1 Å². The van der Waals surface area contributed by atoms with Crippen LogP contribution in [0.5, 0.6) is 0 Å². The van der Waals surface area contributed by atoms with Gasteiger partial charge in [0.1, 0.15) is 11.6 Å². The van der Waals surface area contributed by atoms with Crippen LogP contribution >= 0.6 is 0 Å². The third-order valence-corrected chi connectivity index (χ3v) is 2.33. The van der Waals surface area contributed by atoms with Gasteiger partial charge in [-0.05, 0) is 18.1 Å². The molecule has 1 aromatic carbocycles. The summed E-state index contributed by atoms with van der Waals surface area (Å²) in [5.74, 6) is 1.13. The molecule has 0 fully saturated rings. The molecular formula is C12H14N4. The SMILES string of the molecule is CCc1ccccc1Nc1cnc(N)cn1. The first-order chi connectivity index (χ1) is 7.79. The fraction of sp³-hybridized carbons (Fsp3) is 0.167. The summed E-state index contributed by atoms with van der Waals surface area (Å²) in [5.41, 5.74) is 7.79. The predicted octanol–water partition coefficient (Wildman–Crippen LogP) is 2.36. The summed E-state index contributed by atoms with van der Waals surface area (Å²) in [7, 11) is 0. The molecule has 1 heterocycles. The normalized spacial score (nSPS) is 10.1. The van der Waals surface area contributed by atoms with Crippen molar-refractivity contribution < 1.29 is 0 Å². The van der Waals surface area contributed by atoms with E-state index in [0.717, 1.165) is 12.1 Å². The number of benzene rings is 1. The van der Waals surface area contributed by atoms with Gasteiger partial charge in [-0.1, -0.05) is 25.1 Å². The maximum absolute atomic E-state index is 5.47. The summed E-state index contributed by atoms with van der Waals surface area (Å²) >= 11 is 0. The van der Waals surface area contributed by atoms with Gasteiger partial charge in [0.15, 0.2) is 0 Å². The summed E-state index contributed by atoms with van der Waals surface area (Å²) in [5, 5.41) is 3.22. The molecule has 0 bridgehead atoms. The second kappa shape index (κ2) is 4.61. The number of anilines is 3. The van der Waals surface area contributed by atoms with Crippen LogP contribution in [-0.4, -0.2) is 9.97 Å². The van der Waals surface area contributed by atoms with Gasteiger partial charge in [0, 0.05) is 5.69 Å². The molecule has 2 rings (SSSR count). The maximum atomic E-state index is 5.47. The molecular weight excluding hydrogens is 200 g/mol. The van der Waals surface area contributed by atoms with Gasteiger partial charge in [0.05, 0.1) is 12.4 Å². The topological polar surface area (TPSA) is 63.8 Å². The molecule has 0 amide bonds. The number of nitrogens with zero attached hydrogens (tertiary/aromatic N) is 2. The highest BCUT2D eigenvalue weighted by Gasteiger charge is 2.00. The van der Waals surface area contributed by atoms with Crippen LogP contribution in [0.15, 0.2) is 36.7 Å². The summed E-state index contributed by atoms with van der Waals surface area (Å²) in [6.07, 6.45) is 4.14. The number of nitrogens with one attached hydrogen (secondary N) is 1. The minimum Gasteiger partial charge on any atom is -0.382 e. The largest absolute Gasteiger partial charge is 0.382 e. The molecule has 0 saturated carbocycles. The van der Waals surface area contributed by atoms with Crippen molar-refractivity contribution in [3.63, 3.8) is 0 Å².